The van der Waals surface area contributed by atoms with Crippen LogP contribution in [-0.4, -0.2) is 63.7 Å². The van der Waals surface area contributed by atoms with E-state index in [0.717, 1.165) is 19.6 Å². The van der Waals surface area contributed by atoms with Crippen molar-refractivity contribution in [3.05, 3.63) is 0 Å². The van der Waals surface area contributed by atoms with Crippen molar-refractivity contribution in [2.24, 2.45) is 0 Å². The summed E-state index contributed by atoms with van der Waals surface area (Å²) in [5, 5.41) is 0. The molecule has 16 heavy (non-hydrogen) atoms. The first-order chi connectivity index (χ1) is 7.80. The number of nitrogens with zero attached hydrogens (tertiary/aromatic N) is 1. The summed E-state index contributed by atoms with van der Waals surface area (Å²) in [6, 6.07) is 0. The van der Waals surface area contributed by atoms with E-state index in [1.165, 1.54) is 19.4 Å². The molecule has 4 heteroatoms. The zero-order valence-electron chi connectivity index (χ0n) is 10.4. The van der Waals surface area contributed by atoms with Crippen LogP contribution >= 0.6 is 0 Å². The third-order valence-electron chi connectivity index (χ3n) is 3.83. The summed E-state index contributed by atoms with van der Waals surface area (Å²) in [6.45, 7) is 4.50. The van der Waals surface area contributed by atoms with Crippen LogP contribution in [0.2, 0.25) is 0 Å². The lowest BCUT2D eigenvalue weighted by Gasteiger charge is -2.30. The van der Waals surface area contributed by atoms with Gasteiger partial charge < -0.3 is 14.2 Å². The van der Waals surface area contributed by atoms with E-state index in [4.69, 9.17) is 14.2 Å². The smallest absolute Gasteiger partial charge is 0.0721 e. The number of fused-ring (bicyclic) bond motifs is 1. The number of methoxy groups -OCH3 is 2. The van der Waals surface area contributed by atoms with E-state index in [-0.39, 0.29) is 5.54 Å². The molecule has 2 heterocycles. The van der Waals surface area contributed by atoms with Gasteiger partial charge in [0.2, 0.25) is 0 Å². The highest BCUT2D eigenvalue weighted by Crippen LogP contribution is 2.39. The highest BCUT2D eigenvalue weighted by molar-refractivity contribution is 5.03. The van der Waals surface area contributed by atoms with Crippen molar-refractivity contribution >= 4 is 0 Å². The van der Waals surface area contributed by atoms with E-state index >= 15 is 0 Å². The van der Waals surface area contributed by atoms with Crippen LogP contribution in [0, 0.1) is 0 Å². The molecule has 0 bridgehead atoms. The molecular weight excluding hydrogens is 206 g/mol. The van der Waals surface area contributed by atoms with Gasteiger partial charge in [-0.1, -0.05) is 0 Å². The van der Waals surface area contributed by atoms with Crippen LogP contribution in [0.25, 0.3) is 0 Å². The highest BCUT2D eigenvalue weighted by Gasteiger charge is 2.48. The van der Waals surface area contributed by atoms with Crippen molar-refractivity contribution in [3.63, 3.8) is 0 Å². The lowest BCUT2D eigenvalue weighted by atomic mass is 9.94. The van der Waals surface area contributed by atoms with Crippen LogP contribution in [0.15, 0.2) is 0 Å². The Kier molecular flexibility index (Phi) is 4.19. The van der Waals surface area contributed by atoms with E-state index in [2.05, 4.69) is 4.90 Å². The quantitative estimate of drug-likeness (QED) is 0.633. The van der Waals surface area contributed by atoms with E-state index in [1.54, 1.807) is 14.2 Å². The monoisotopic (exact) mass is 229 g/mol. The number of hydrogen-bond acceptors (Lipinski definition) is 4. The highest BCUT2D eigenvalue weighted by atomic mass is 16.5. The maximum Gasteiger partial charge on any atom is 0.0721 e. The van der Waals surface area contributed by atoms with Crippen LogP contribution in [0.4, 0.5) is 0 Å². The molecule has 0 aliphatic carbocycles. The van der Waals surface area contributed by atoms with Gasteiger partial charge in [0.1, 0.15) is 0 Å². The van der Waals surface area contributed by atoms with Gasteiger partial charge in [0.15, 0.2) is 0 Å². The molecule has 0 aromatic carbocycles. The summed E-state index contributed by atoms with van der Waals surface area (Å²) >= 11 is 0. The number of hydrogen-bond donors (Lipinski definition) is 0. The van der Waals surface area contributed by atoms with Crippen LogP contribution in [0.5, 0.6) is 0 Å². The Hall–Kier alpha value is -0.160. The second kappa shape index (κ2) is 5.45. The standard InChI is InChI=1S/C12H23NO3/c1-14-6-7-16-11-8-12(10-15-2)4-3-5-13(12)9-11/h11H,3-10H2,1-2H3. The Bertz CT molecular complexity index is 224. The van der Waals surface area contributed by atoms with Crippen molar-refractivity contribution in [1.29, 1.82) is 0 Å². The molecule has 0 amide bonds. The molecule has 2 aliphatic rings. The van der Waals surface area contributed by atoms with Crippen LogP contribution in [-0.2, 0) is 14.2 Å². The first-order valence-corrected chi connectivity index (χ1v) is 6.15. The Morgan fingerprint density at radius 1 is 1.25 bits per heavy atom. The summed E-state index contributed by atoms with van der Waals surface area (Å²) in [5.41, 5.74) is 0.270. The van der Waals surface area contributed by atoms with Crippen LogP contribution < -0.4 is 0 Å². The fraction of sp³-hybridized carbons (Fsp3) is 1.00. The molecular formula is C12H23NO3. The maximum absolute atomic E-state index is 5.83. The zero-order valence-corrected chi connectivity index (χ0v) is 10.4. The molecule has 4 nitrogen and oxygen atoms in total. The van der Waals surface area contributed by atoms with E-state index in [0.29, 0.717) is 19.3 Å². The molecule has 0 spiro atoms. The Morgan fingerprint density at radius 3 is 2.88 bits per heavy atom. The van der Waals surface area contributed by atoms with Crippen molar-refractivity contribution in [2.45, 2.75) is 30.9 Å². The van der Waals surface area contributed by atoms with Crippen LogP contribution in [0.3, 0.4) is 0 Å². The maximum atomic E-state index is 5.83. The molecule has 2 atom stereocenters. The molecule has 2 fully saturated rings. The van der Waals surface area contributed by atoms with Gasteiger partial charge in [-0.15, -0.1) is 0 Å². The molecule has 0 N–H and O–H groups in total. The second-order valence-corrected chi connectivity index (χ2v) is 4.90. The average Bonchev–Trinajstić information content (AvgIpc) is 2.75. The molecule has 2 aliphatic heterocycles. The summed E-state index contributed by atoms with van der Waals surface area (Å²) in [5.74, 6) is 0. The lowest BCUT2D eigenvalue weighted by Crippen LogP contribution is -2.42. The van der Waals surface area contributed by atoms with E-state index in [1.807, 2.05) is 0 Å². The zero-order chi connectivity index (χ0) is 11.4. The fourth-order valence-electron chi connectivity index (χ4n) is 3.15. The molecule has 0 saturated carbocycles. The summed E-state index contributed by atoms with van der Waals surface area (Å²) in [7, 11) is 3.51. The van der Waals surface area contributed by atoms with Gasteiger partial charge in [0.05, 0.1) is 25.9 Å². The SMILES string of the molecule is COCCOC1CN2CCCC2(COC)C1. The molecule has 0 aromatic rings. The largest absolute Gasteiger partial charge is 0.383 e. The molecule has 2 saturated heterocycles. The minimum absolute atomic E-state index is 0.270. The van der Waals surface area contributed by atoms with Gasteiger partial charge in [-0.2, -0.15) is 0 Å². The van der Waals surface area contributed by atoms with Crippen molar-refractivity contribution < 1.29 is 14.2 Å². The molecule has 94 valence electrons. The fourth-order valence-corrected chi connectivity index (χ4v) is 3.15. The van der Waals surface area contributed by atoms with Gasteiger partial charge >= 0.3 is 0 Å². The van der Waals surface area contributed by atoms with E-state index < -0.39 is 0 Å². The Labute approximate surface area is 97.8 Å². The topological polar surface area (TPSA) is 30.9 Å². The summed E-state index contributed by atoms with van der Waals surface area (Å²) < 4.78 is 16.2. The van der Waals surface area contributed by atoms with Crippen molar-refractivity contribution in [3.8, 4) is 0 Å². The minimum atomic E-state index is 0.270. The second-order valence-electron chi connectivity index (χ2n) is 4.90. The molecule has 2 rings (SSSR count). The Morgan fingerprint density at radius 2 is 2.12 bits per heavy atom. The first kappa shape index (κ1) is 12.3. The van der Waals surface area contributed by atoms with E-state index in [9.17, 15) is 0 Å². The number of rotatable bonds is 6. The third kappa shape index (κ3) is 2.40. The minimum Gasteiger partial charge on any atom is -0.383 e. The van der Waals surface area contributed by atoms with Gasteiger partial charge in [-0.25, -0.2) is 0 Å². The van der Waals surface area contributed by atoms with Crippen molar-refractivity contribution in [2.75, 3.05) is 47.1 Å². The van der Waals surface area contributed by atoms with Gasteiger partial charge in [0.25, 0.3) is 0 Å². The first-order valence-electron chi connectivity index (χ1n) is 6.15. The van der Waals surface area contributed by atoms with Gasteiger partial charge in [-0.3, -0.25) is 4.90 Å². The number of ether oxygens (including phenoxy) is 3. The molecule has 0 radical (unpaired) electrons. The van der Waals surface area contributed by atoms with Crippen molar-refractivity contribution in [1.82, 2.24) is 4.90 Å². The molecule has 2 unspecified atom stereocenters. The lowest BCUT2D eigenvalue weighted by molar-refractivity contribution is 0.0192. The predicted octanol–water partition coefficient (Wildman–Crippen LogP) is 0.903. The summed E-state index contributed by atoms with van der Waals surface area (Å²) in [6.07, 6.45) is 4.04. The van der Waals surface area contributed by atoms with Gasteiger partial charge in [-0.05, 0) is 25.8 Å². The van der Waals surface area contributed by atoms with Gasteiger partial charge in [0, 0.05) is 26.3 Å². The third-order valence-corrected chi connectivity index (χ3v) is 3.83. The normalized spacial score (nSPS) is 34.5. The Balaban J connectivity index is 1.84. The van der Waals surface area contributed by atoms with Crippen LogP contribution in [0.1, 0.15) is 19.3 Å². The summed E-state index contributed by atoms with van der Waals surface area (Å²) in [4.78, 5) is 2.55. The molecule has 0 aromatic heterocycles. The predicted molar refractivity (Wildman–Crippen MR) is 61.6 cm³/mol. The average molecular weight is 229 g/mol.